The lowest BCUT2D eigenvalue weighted by molar-refractivity contribution is 0.0598. The lowest BCUT2D eigenvalue weighted by atomic mass is 10.1. The monoisotopic (exact) mass is 384 g/mol. The third-order valence-corrected chi connectivity index (χ3v) is 6.84. The Hall–Kier alpha value is -1.97. The molecule has 2 rings (SSSR count). The minimum atomic E-state index is -3.90. The van der Waals surface area contributed by atoms with Crippen LogP contribution in [0.25, 0.3) is 0 Å². The van der Waals surface area contributed by atoms with Gasteiger partial charge in [0.1, 0.15) is 0 Å². The zero-order chi connectivity index (χ0) is 19.6. The Balaban J connectivity index is 2.54. The maximum absolute atomic E-state index is 13.2. The summed E-state index contributed by atoms with van der Waals surface area (Å²) in [5.74, 6) is -1.46. The van der Waals surface area contributed by atoms with E-state index in [0.29, 0.717) is 13.1 Å². The van der Waals surface area contributed by atoms with Crippen molar-refractivity contribution in [1.29, 1.82) is 0 Å². The van der Waals surface area contributed by atoms with Gasteiger partial charge in [-0.1, -0.05) is 0 Å². The molecule has 2 atom stereocenters. The van der Waals surface area contributed by atoms with Crippen LogP contribution in [0.1, 0.15) is 34.6 Å². The molecule has 1 fully saturated rings. The summed E-state index contributed by atoms with van der Waals surface area (Å²) in [6.07, 6.45) is 0. The maximum Gasteiger partial charge on any atom is 0.337 e. The van der Waals surface area contributed by atoms with Crippen molar-refractivity contribution in [3.8, 4) is 0 Å². The van der Waals surface area contributed by atoms with Gasteiger partial charge < -0.3 is 14.4 Å². The minimum Gasteiger partial charge on any atom is -0.465 e. The van der Waals surface area contributed by atoms with E-state index in [9.17, 15) is 18.0 Å². The molecular weight excluding hydrogens is 360 g/mol. The number of likely N-dealkylation sites (N-methyl/N-ethyl adjacent to an activating group) is 1. The molecule has 0 aliphatic carbocycles. The summed E-state index contributed by atoms with van der Waals surface area (Å²) in [5, 5.41) is 0. The number of ether oxygens (including phenoxy) is 2. The van der Waals surface area contributed by atoms with Gasteiger partial charge in [-0.3, -0.25) is 0 Å². The summed E-state index contributed by atoms with van der Waals surface area (Å²) in [4.78, 5) is 25.8. The van der Waals surface area contributed by atoms with Crippen molar-refractivity contribution in [2.24, 2.45) is 0 Å². The molecule has 1 aliphatic heterocycles. The van der Waals surface area contributed by atoms with Crippen molar-refractivity contribution in [2.45, 2.75) is 30.8 Å². The normalized spacial score (nSPS) is 22.0. The number of piperazine rings is 1. The lowest BCUT2D eigenvalue weighted by Gasteiger charge is -2.42. The Morgan fingerprint density at radius 2 is 1.46 bits per heavy atom. The number of rotatable bonds is 4. The molecule has 1 aliphatic rings. The van der Waals surface area contributed by atoms with Crippen molar-refractivity contribution < 1.29 is 27.5 Å². The highest BCUT2D eigenvalue weighted by Crippen LogP contribution is 2.26. The maximum atomic E-state index is 13.2. The molecule has 1 aromatic rings. The van der Waals surface area contributed by atoms with Crippen LogP contribution in [0.3, 0.4) is 0 Å². The number of methoxy groups -OCH3 is 2. The molecule has 0 bridgehead atoms. The molecule has 0 aromatic heterocycles. The molecular formula is C17H24N2O6S. The van der Waals surface area contributed by atoms with Crippen molar-refractivity contribution >= 4 is 22.0 Å². The zero-order valence-corrected chi connectivity index (χ0v) is 16.4. The first-order valence-electron chi connectivity index (χ1n) is 8.17. The minimum absolute atomic E-state index is 0.0243. The molecule has 0 amide bonds. The SMILES string of the molecule is COC(=O)c1cc(C(=O)OC)cc(S(=O)(=O)N2CCN(C)[C@H](C)[C@H]2C)c1. The second-order valence-electron chi connectivity index (χ2n) is 6.31. The van der Waals surface area contributed by atoms with Crippen molar-refractivity contribution in [1.82, 2.24) is 9.21 Å². The topological polar surface area (TPSA) is 93.2 Å². The average molecular weight is 384 g/mol. The third kappa shape index (κ3) is 3.74. The van der Waals surface area contributed by atoms with Gasteiger partial charge in [-0.25, -0.2) is 18.0 Å². The summed E-state index contributed by atoms with van der Waals surface area (Å²) >= 11 is 0. The number of carbonyl (C=O) groups excluding carboxylic acids is 2. The van der Waals surface area contributed by atoms with Gasteiger partial charge in [0.2, 0.25) is 10.0 Å². The van der Waals surface area contributed by atoms with Gasteiger partial charge in [0.05, 0.1) is 30.2 Å². The van der Waals surface area contributed by atoms with Gasteiger partial charge in [-0.15, -0.1) is 0 Å². The first-order chi connectivity index (χ1) is 12.1. The number of benzene rings is 1. The largest absolute Gasteiger partial charge is 0.465 e. The van der Waals surface area contributed by atoms with Crippen LogP contribution in [-0.2, 0) is 19.5 Å². The molecule has 0 unspecified atom stereocenters. The summed E-state index contributed by atoms with van der Waals surface area (Å²) in [6.45, 7) is 4.70. The van der Waals surface area contributed by atoms with E-state index >= 15 is 0 Å². The van der Waals surface area contributed by atoms with Gasteiger partial charge in [0, 0.05) is 25.2 Å². The van der Waals surface area contributed by atoms with Crippen LogP contribution >= 0.6 is 0 Å². The third-order valence-electron chi connectivity index (χ3n) is 4.88. The Bertz CT molecular complexity index is 773. The van der Waals surface area contributed by atoms with E-state index in [4.69, 9.17) is 0 Å². The summed E-state index contributed by atoms with van der Waals surface area (Å²) in [7, 11) is 0.410. The average Bonchev–Trinajstić information content (AvgIpc) is 2.64. The van der Waals surface area contributed by atoms with Crippen molar-refractivity contribution in [2.75, 3.05) is 34.4 Å². The number of esters is 2. The molecule has 8 nitrogen and oxygen atoms in total. The van der Waals surface area contributed by atoms with E-state index in [2.05, 4.69) is 14.4 Å². The molecule has 1 heterocycles. The fourth-order valence-corrected chi connectivity index (χ4v) is 4.72. The Morgan fingerprint density at radius 1 is 0.962 bits per heavy atom. The van der Waals surface area contributed by atoms with Crippen molar-refractivity contribution in [3.05, 3.63) is 29.3 Å². The first kappa shape index (κ1) is 20.3. The number of hydrogen-bond donors (Lipinski definition) is 0. The number of sulfonamides is 1. The van der Waals surface area contributed by atoms with E-state index in [1.165, 1.54) is 36.7 Å². The molecule has 144 valence electrons. The van der Waals surface area contributed by atoms with Gasteiger partial charge in [0.25, 0.3) is 0 Å². The van der Waals surface area contributed by atoms with E-state index in [0.717, 1.165) is 0 Å². The van der Waals surface area contributed by atoms with Crippen LogP contribution in [0.4, 0.5) is 0 Å². The Kier molecular flexibility index (Phi) is 6.05. The van der Waals surface area contributed by atoms with Gasteiger partial charge in [-0.05, 0) is 39.1 Å². The highest BCUT2D eigenvalue weighted by Gasteiger charge is 2.37. The fourth-order valence-electron chi connectivity index (χ4n) is 2.97. The van der Waals surface area contributed by atoms with Crippen LogP contribution in [0.5, 0.6) is 0 Å². The fraction of sp³-hybridized carbons (Fsp3) is 0.529. The van der Waals surface area contributed by atoms with E-state index in [-0.39, 0.29) is 28.1 Å². The predicted molar refractivity (Wildman–Crippen MR) is 94.6 cm³/mol. The van der Waals surface area contributed by atoms with E-state index < -0.39 is 22.0 Å². The van der Waals surface area contributed by atoms with Crippen LogP contribution in [-0.4, -0.2) is 76.0 Å². The molecule has 9 heteroatoms. The molecule has 26 heavy (non-hydrogen) atoms. The van der Waals surface area contributed by atoms with Crippen molar-refractivity contribution in [3.63, 3.8) is 0 Å². The van der Waals surface area contributed by atoms with Crippen LogP contribution < -0.4 is 0 Å². The van der Waals surface area contributed by atoms with Crippen LogP contribution in [0.15, 0.2) is 23.1 Å². The smallest absolute Gasteiger partial charge is 0.337 e. The van der Waals surface area contributed by atoms with Gasteiger partial charge in [-0.2, -0.15) is 4.31 Å². The molecule has 1 aromatic carbocycles. The quantitative estimate of drug-likeness (QED) is 0.714. The summed E-state index contributed by atoms with van der Waals surface area (Å²) in [5.41, 5.74) is -0.0485. The van der Waals surface area contributed by atoms with Gasteiger partial charge >= 0.3 is 11.9 Å². The predicted octanol–water partition coefficient (Wildman–Crippen LogP) is 0.973. The Morgan fingerprint density at radius 3 is 1.92 bits per heavy atom. The molecule has 0 spiro atoms. The second-order valence-corrected chi connectivity index (χ2v) is 8.20. The van der Waals surface area contributed by atoms with Gasteiger partial charge in [0.15, 0.2) is 0 Å². The van der Waals surface area contributed by atoms with E-state index in [1.54, 1.807) is 0 Å². The van der Waals surface area contributed by atoms with Crippen LogP contribution in [0, 0.1) is 0 Å². The standard InChI is InChI=1S/C17H24N2O6S/c1-11-12(2)19(7-6-18(11)3)26(22,23)15-9-13(16(20)24-4)8-14(10-15)17(21)25-5/h8-12H,6-7H2,1-5H3/t11-,12-/m1/s1. The number of hydrogen-bond acceptors (Lipinski definition) is 7. The number of carbonyl (C=O) groups is 2. The van der Waals surface area contributed by atoms with Crippen LogP contribution in [0.2, 0.25) is 0 Å². The molecule has 1 saturated heterocycles. The summed E-state index contributed by atoms with van der Waals surface area (Å²) < 4.78 is 37.1. The highest BCUT2D eigenvalue weighted by molar-refractivity contribution is 7.89. The molecule has 0 saturated carbocycles. The first-order valence-corrected chi connectivity index (χ1v) is 9.61. The Labute approximate surface area is 153 Å². The zero-order valence-electron chi connectivity index (χ0n) is 15.6. The summed E-state index contributed by atoms with van der Waals surface area (Å²) in [6, 6.07) is 3.48. The highest BCUT2D eigenvalue weighted by atomic mass is 32.2. The lowest BCUT2D eigenvalue weighted by Crippen LogP contribution is -2.57. The molecule has 0 radical (unpaired) electrons. The van der Waals surface area contributed by atoms with E-state index in [1.807, 2.05) is 20.9 Å². The number of nitrogens with zero attached hydrogens (tertiary/aromatic N) is 2. The molecule has 0 N–H and O–H groups in total. The second kappa shape index (κ2) is 7.73.